The summed E-state index contributed by atoms with van der Waals surface area (Å²) in [7, 11) is 0. The predicted molar refractivity (Wildman–Crippen MR) is 52.4 cm³/mol. The molecule has 0 fully saturated rings. The van der Waals surface area contributed by atoms with Crippen LogP contribution >= 0.6 is 0 Å². The number of rotatable bonds is 5. The number of nitrogens with zero attached hydrogens (tertiary/aromatic N) is 1. The summed E-state index contributed by atoms with van der Waals surface area (Å²) in [6, 6.07) is 5.78. The normalized spacial score (nSPS) is 9.93. The van der Waals surface area contributed by atoms with E-state index in [1.807, 2.05) is 0 Å². The quantitative estimate of drug-likeness (QED) is 0.314. The molecule has 0 saturated heterocycles. The molecule has 0 aromatic heterocycles. The van der Waals surface area contributed by atoms with Crippen LogP contribution in [0.4, 0.5) is 5.69 Å². The Balaban J connectivity index is 2.76. The van der Waals surface area contributed by atoms with E-state index in [1.165, 1.54) is 24.3 Å². The number of aldehydes is 2. The fraction of sp³-hybridized carbons (Fsp3) is 0.200. The van der Waals surface area contributed by atoms with Gasteiger partial charge in [0.15, 0.2) is 0 Å². The summed E-state index contributed by atoms with van der Waals surface area (Å²) in [4.78, 5) is 30.6. The predicted octanol–water partition coefficient (Wildman–Crippen LogP) is 1.15. The number of hydrogen-bond acceptors (Lipinski definition) is 4. The average Bonchev–Trinajstić information content (AvgIpc) is 2.26. The second kappa shape index (κ2) is 4.99. The number of carbonyl (C=O) groups is 2. The highest BCUT2D eigenvalue weighted by Gasteiger charge is 2.08. The summed E-state index contributed by atoms with van der Waals surface area (Å²) >= 11 is 0. The molecule has 15 heavy (non-hydrogen) atoms. The Labute approximate surface area is 85.9 Å². The summed E-state index contributed by atoms with van der Waals surface area (Å²) in [5.74, 6) is -0.675. The van der Waals surface area contributed by atoms with Gasteiger partial charge in [0.1, 0.15) is 12.6 Å². The fourth-order valence-corrected chi connectivity index (χ4v) is 1.15. The zero-order valence-electron chi connectivity index (χ0n) is 7.83. The van der Waals surface area contributed by atoms with Gasteiger partial charge in [0.05, 0.1) is 10.8 Å². The van der Waals surface area contributed by atoms with E-state index < -0.39 is 10.8 Å². The van der Waals surface area contributed by atoms with E-state index in [1.54, 1.807) is 0 Å². The first-order valence-electron chi connectivity index (χ1n) is 4.31. The van der Waals surface area contributed by atoms with Crippen molar-refractivity contribution < 1.29 is 14.5 Å². The highest BCUT2D eigenvalue weighted by molar-refractivity contribution is 5.77. The van der Waals surface area contributed by atoms with Crippen molar-refractivity contribution in [2.45, 2.75) is 6.42 Å². The largest absolute Gasteiger partial charge is 0.303 e. The Morgan fingerprint density at radius 2 is 1.73 bits per heavy atom. The van der Waals surface area contributed by atoms with Gasteiger partial charge in [-0.1, -0.05) is 12.1 Å². The van der Waals surface area contributed by atoms with Crippen molar-refractivity contribution in [2.75, 3.05) is 0 Å². The summed E-state index contributed by atoms with van der Waals surface area (Å²) in [5.41, 5.74) is 0.720. The number of hydrogen-bond donors (Lipinski definition) is 0. The number of nitro groups is 1. The van der Waals surface area contributed by atoms with Crippen molar-refractivity contribution in [2.24, 2.45) is 5.92 Å². The maximum Gasteiger partial charge on any atom is 0.269 e. The van der Waals surface area contributed by atoms with Gasteiger partial charge in [-0.15, -0.1) is 0 Å². The van der Waals surface area contributed by atoms with E-state index in [0.717, 1.165) is 5.56 Å². The monoisotopic (exact) mass is 207 g/mol. The standard InChI is InChI=1S/C10H9NO4/c12-6-9(7-13)5-8-1-3-10(4-2-8)11(14)15/h1-4,6-7,9H,5H2. The molecular weight excluding hydrogens is 198 g/mol. The van der Waals surface area contributed by atoms with Gasteiger partial charge in [-0.05, 0) is 12.0 Å². The molecule has 0 amide bonds. The minimum Gasteiger partial charge on any atom is -0.303 e. The smallest absolute Gasteiger partial charge is 0.269 e. The molecule has 0 aliphatic rings. The Bertz CT molecular complexity index is 364. The highest BCUT2D eigenvalue weighted by atomic mass is 16.6. The lowest BCUT2D eigenvalue weighted by Crippen LogP contribution is -2.07. The lowest BCUT2D eigenvalue weighted by molar-refractivity contribution is -0.384. The maximum absolute atomic E-state index is 10.4. The second-order valence-electron chi connectivity index (χ2n) is 3.06. The molecule has 0 bridgehead atoms. The van der Waals surface area contributed by atoms with Crippen LogP contribution in [-0.2, 0) is 16.0 Å². The third kappa shape index (κ3) is 2.98. The first kappa shape index (κ1) is 11.0. The summed E-state index contributed by atoms with van der Waals surface area (Å²) in [5, 5.41) is 10.3. The third-order valence-electron chi connectivity index (χ3n) is 1.97. The molecule has 1 aromatic rings. The molecule has 0 aliphatic carbocycles. The SMILES string of the molecule is O=CC(C=O)Cc1ccc([N+](=O)[O-])cc1. The Morgan fingerprint density at radius 1 is 1.20 bits per heavy atom. The molecule has 1 aromatic carbocycles. The molecule has 0 atom stereocenters. The maximum atomic E-state index is 10.4. The Kier molecular flexibility index (Phi) is 3.68. The average molecular weight is 207 g/mol. The van der Waals surface area contributed by atoms with Crippen molar-refractivity contribution in [3.8, 4) is 0 Å². The molecule has 5 heteroatoms. The molecular formula is C10H9NO4. The lowest BCUT2D eigenvalue weighted by Gasteiger charge is -2.01. The molecule has 0 heterocycles. The van der Waals surface area contributed by atoms with Crippen LogP contribution in [0.5, 0.6) is 0 Å². The van der Waals surface area contributed by atoms with Gasteiger partial charge in [0, 0.05) is 12.1 Å². The van der Waals surface area contributed by atoms with Crippen LogP contribution in [0.1, 0.15) is 5.56 Å². The molecule has 0 saturated carbocycles. The molecule has 5 nitrogen and oxygen atoms in total. The first-order chi connectivity index (χ1) is 7.17. The minimum atomic E-state index is -0.675. The first-order valence-corrected chi connectivity index (χ1v) is 4.31. The van der Waals surface area contributed by atoms with Crippen LogP contribution in [0, 0.1) is 16.0 Å². The van der Waals surface area contributed by atoms with Gasteiger partial charge >= 0.3 is 0 Å². The highest BCUT2D eigenvalue weighted by Crippen LogP contribution is 2.13. The minimum absolute atomic E-state index is 0.00694. The van der Waals surface area contributed by atoms with E-state index in [4.69, 9.17) is 0 Å². The third-order valence-corrected chi connectivity index (χ3v) is 1.97. The van der Waals surface area contributed by atoms with Crippen LogP contribution in [0.3, 0.4) is 0 Å². The van der Waals surface area contributed by atoms with Gasteiger partial charge < -0.3 is 9.59 Å². The molecule has 0 radical (unpaired) electrons. The Hall–Kier alpha value is -2.04. The zero-order chi connectivity index (χ0) is 11.3. The van der Waals surface area contributed by atoms with E-state index in [-0.39, 0.29) is 12.1 Å². The molecule has 0 N–H and O–H groups in total. The van der Waals surface area contributed by atoms with Crippen molar-refractivity contribution >= 4 is 18.3 Å². The van der Waals surface area contributed by atoms with Crippen LogP contribution in [0.25, 0.3) is 0 Å². The number of carbonyl (C=O) groups excluding carboxylic acids is 2. The summed E-state index contributed by atoms with van der Waals surface area (Å²) in [6.45, 7) is 0. The van der Waals surface area contributed by atoms with Gasteiger partial charge in [-0.3, -0.25) is 10.1 Å². The van der Waals surface area contributed by atoms with Gasteiger partial charge in [-0.25, -0.2) is 0 Å². The number of benzene rings is 1. The molecule has 0 spiro atoms. The van der Waals surface area contributed by atoms with Crippen LogP contribution in [0.15, 0.2) is 24.3 Å². The van der Waals surface area contributed by atoms with E-state index >= 15 is 0 Å². The van der Waals surface area contributed by atoms with Crippen molar-refractivity contribution in [1.29, 1.82) is 0 Å². The van der Waals surface area contributed by atoms with Gasteiger partial charge in [-0.2, -0.15) is 0 Å². The lowest BCUT2D eigenvalue weighted by atomic mass is 10.0. The second-order valence-corrected chi connectivity index (χ2v) is 3.06. The fourth-order valence-electron chi connectivity index (χ4n) is 1.15. The molecule has 0 unspecified atom stereocenters. The Morgan fingerprint density at radius 3 is 2.13 bits per heavy atom. The van der Waals surface area contributed by atoms with Gasteiger partial charge in [0.2, 0.25) is 0 Å². The summed E-state index contributed by atoms with van der Waals surface area (Å²) in [6.07, 6.45) is 1.41. The zero-order valence-corrected chi connectivity index (χ0v) is 7.83. The molecule has 0 aliphatic heterocycles. The van der Waals surface area contributed by atoms with E-state index in [9.17, 15) is 19.7 Å². The van der Waals surface area contributed by atoms with Crippen molar-refractivity contribution in [3.05, 3.63) is 39.9 Å². The molecule has 1 rings (SSSR count). The number of non-ortho nitro benzene ring substituents is 1. The van der Waals surface area contributed by atoms with E-state index in [0.29, 0.717) is 12.6 Å². The van der Waals surface area contributed by atoms with Crippen LogP contribution in [-0.4, -0.2) is 17.5 Å². The van der Waals surface area contributed by atoms with E-state index in [2.05, 4.69) is 0 Å². The van der Waals surface area contributed by atoms with Crippen molar-refractivity contribution in [1.82, 2.24) is 0 Å². The summed E-state index contributed by atoms with van der Waals surface area (Å²) < 4.78 is 0. The van der Waals surface area contributed by atoms with Crippen molar-refractivity contribution in [3.63, 3.8) is 0 Å². The molecule has 78 valence electrons. The number of nitro benzene ring substituents is 1. The van der Waals surface area contributed by atoms with Gasteiger partial charge in [0.25, 0.3) is 5.69 Å². The topological polar surface area (TPSA) is 77.3 Å². The van der Waals surface area contributed by atoms with Crippen LogP contribution < -0.4 is 0 Å². The van der Waals surface area contributed by atoms with Crippen LogP contribution in [0.2, 0.25) is 0 Å².